The highest BCUT2D eigenvalue weighted by atomic mass is 16.3. The topological polar surface area (TPSA) is 94.9 Å². The first-order valence-corrected chi connectivity index (χ1v) is 10.2. The third kappa shape index (κ3) is 5.48. The quantitative estimate of drug-likeness (QED) is 0.722. The fraction of sp³-hybridized carbons (Fsp3) is 0.409. The molecular formula is C22H28N4O4. The van der Waals surface area contributed by atoms with Gasteiger partial charge < -0.3 is 20.0 Å². The highest BCUT2D eigenvalue weighted by Crippen LogP contribution is 2.15. The van der Waals surface area contributed by atoms with Crippen molar-refractivity contribution in [3.05, 3.63) is 54.0 Å². The van der Waals surface area contributed by atoms with Crippen molar-refractivity contribution >= 4 is 23.4 Å². The van der Waals surface area contributed by atoms with E-state index < -0.39 is 6.04 Å². The van der Waals surface area contributed by atoms with Crippen molar-refractivity contribution in [3.63, 3.8) is 0 Å². The summed E-state index contributed by atoms with van der Waals surface area (Å²) in [6.07, 6.45) is 3.61. The van der Waals surface area contributed by atoms with Gasteiger partial charge in [0.1, 0.15) is 12.3 Å². The first-order valence-electron chi connectivity index (χ1n) is 10.2. The third-order valence-electron chi connectivity index (χ3n) is 5.22. The number of carbonyl (C=O) groups is 3. The molecule has 1 atom stereocenters. The van der Waals surface area contributed by atoms with Crippen LogP contribution in [0.25, 0.3) is 0 Å². The van der Waals surface area contributed by atoms with Crippen molar-refractivity contribution in [1.82, 2.24) is 15.1 Å². The number of hydrogen-bond acceptors (Lipinski definition) is 5. The van der Waals surface area contributed by atoms with Crippen LogP contribution in [-0.2, 0) is 16.0 Å². The first kappa shape index (κ1) is 21.6. The Kier molecular flexibility index (Phi) is 7.24. The van der Waals surface area contributed by atoms with Gasteiger partial charge in [-0.25, -0.2) is 0 Å². The number of rotatable bonds is 7. The predicted octanol–water partition coefficient (Wildman–Crippen LogP) is 1.74. The van der Waals surface area contributed by atoms with E-state index in [-0.39, 0.29) is 24.3 Å². The molecule has 0 radical (unpaired) electrons. The predicted molar refractivity (Wildman–Crippen MR) is 113 cm³/mol. The van der Waals surface area contributed by atoms with Gasteiger partial charge in [0.25, 0.3) is 5.91 Å². The number of amides is 3. The van der Waals surface area contributed by atoms with Crippen LogP contribution in [0.1, 0.15) is 29.8 Å². The maximum absolute atomic E-state index is 12.6. The number of anilines is 1. The molecule has 2 N–H and O–H groups in total. The number of carbonyl (C=O) groups excluding carboxylic acids is 3. The SMILES string of the molecule is CCc1ccccc1NC(=O)CN1CCN(C(=O)C(C)NC(=O)c2ccoc2)CC1. The number of para-hydroxylation sites is 1. The van der Waals surface area contributed by atoms with Crippen LogP contribution in [0.3, 0.4) is 0 Å². The van der Waals surface area contributed by atoms with Gasteiger partial charge in [0.15, 0.2) is 0 Å². The molecule has 2 heterocycles. The Hall–Kier alpha value is -3.13. The van der Waals surface area contributed by atoms with Crippen molar-refractivity contribution in [2.75, 3.05) is 38.0 Å². The summed E-state index contributed by atoms with van der Waals surface area (Å²) >= 11 is 0. The summed E-state index contributed by atoms with van der Waals surface area (Å²) in [4.78, 5) is 40.9. The van der Waals surface area contributed by atoms with E-state index in [2.05, 4.69) is 17.6 Å². The molecule has 30 heavy (non-hydrogen) atoms. The number of hydrogen-bond donors (Lipinski definition) is 2. The smallest absolute Gasteiger partial charge is 0.255 e. The van der Waals surface area contributed by atoms with E-state index in [1.54, 1.807) is 17.9 Å². The van der Waals surface area contributed by atoms with E-state index >= 15 is 0 Å². The van der Waals surface area contributed by atoms with Gasteiger partial charge >= 0.3 is 0 Å². The van der Waals surface area contributed by atoms with Crippen LogP contribution in [0.2, 0.25) is 0 Å². The third-order valence-corrected chi connectivity index (χ3v) is 5.22. The number of piperazine rings is 1. The van der Waals surface area contributed by atoms with Crippen LogP contribution in [0.15, 0.2) is 47.3 Å². The fourth-order valence-corrected chi connectivity index (χ4v) is 3.48. The summed E-state index contributed by atoms with van der Waals surface area (Å²) in [6, 6.07) is 8.70. The molecule has 3 rings (SSSR count). The zero-order chi connectivity index (χ0) is 21.5. The van der Waals surface area contributed by atoms with Crippen LogP contribution >= 0.6 is 0 Å². The minimum atomic E-state index is -0.632. The van der Waals surface area contributed by atoms with Gasteiger partial charge in [0, 0.05) is 31.9 Å². The van der Waals surface area contributed by atoms with Crippen LogP contribution in [0.4, 0.5) is 5.69 Å². The van der Waals surface area contributed by atoms with E-state index in [9.17, 15) is 14.4 Å². The Morgan fingerprint density at radius 2 is 1.83 bits per heavy atom. The first-order chi connectivity index (χ1) is 14.5. The second kappa shape index (κ2) is 10.1. The lowest BCUT2D eigenvalue weighted by atomic mass is 10.1. The van der Waals surface area contributed by atoms with E-state index in [4.69, 9.17) is 4.42 Å². The Morgan fingerprint density at radius 1 is 1.10 bits per heavy atom. The second-order valence-electron chi connectivity index (χ2n) is 7.37. The summed E-state index contributed by atoms with van der Waals surface area (Å²) in [5.41, 5.74) is 2.34. The van der Waals surface area contributed by atoms with E-state index in [0.29, 0.717) is 31.7 Å². The lowest BCUT2D eigenvalue weighted by molar-refractivity contribution is -0.134. The maximum atomic E-state index is 12.6. The molecule has 3 amide bonds. The van der Waals surface area contributed by atoms with Crippen LogP contribution in [-0.4, -0.2) is 66.3 Å². The van der Waals surface area contributed by atoms with Gasteiger partial charge in [-0.1, -0.05) is 25.1 Å². The van der Waals surface area contributed by atoms with Crippen molar-refractivity contribution in [2.24, 2.45) is 0 Å². The zero-order valence-corrected chi connectivity index (χ0v) is 17.4. The van der Waals surface area contributed by atoms with Gasteiger partial charge in [-0.05, 0) is 31.0 Å². The molecule has 1 aromatic carbocycles. The molecule has 0 aliphatic carbocycles. The highest BCUT2D eigenvalue weighted by Gasteiger charge is 2.27. The molecule has 1 unspecified atom stereocenters. The average Bonchev–Trinajstić information content (AvgIpc) is 3.29. The van der Waals surface area contributed by atoms with Crippen molar-refractivity contribution in [2.45, 2.75) is 26.3 Å². The molecule has 2 aromatic rings. The Morgan fingerprint density at radius 3 is 2.50 bits per heavy atom. The fourth-order valence-electron chi connectivity index (χ4n) is 3.48. The zero-order valence-electron chi connectivity index (χ0n) is 17.4. The molecular weight excluding hydrogens is 384 g/mol. The minimum absolute atomic E-state index is 0.0589. The van der Waals surface area contributed by atoms with Gasteiger partial charge in [0.05, 0.1) is 18.4 Å². The Bertz CT molecular complexity index is 873. The van der Waals surface area contributed by atoms with Crippen molar-refractivity contribution < 1.29 is 18.8 Å². The lowest BCUT2D eigenvalue weighted by Gasteiger charge is -2.35. The monoisotopic (exact) mass is 412 g/mol. The second-order valence-corrected chi connectivity index (χ2v) is 7.37. The lowest BCUT2D eigenvalue weighted by Crippen LogP contribution is -2.55. The van der Waals surface area contributed by atoms with Crippen LogP contribution < -0.4 is 10.6 Å². The minimum Gasteiger partial charge on any atom is -0.472 e. The normalized spacial score (nSPS) is 15.5. The number of aryl methyl sites for hydroxylation is 1. The van der Waals surface area contributed by atoms with Gasteiger partial charge in [-0.3, -0.25) is 19.3 Å². The molecule has 1 aliphatic heterocycles. The van der Waals surface area contributed by atoms with Crippen LogP contribution in [0.5, 0.6) is 0 Å². The number of nitrogens with one attached hydrogen (secondary N) is 2. The summed E-state index contributed by atoms with van der Waals surface area (Å²) in [5.74, 6) is -0.531. The Balaban J connectivity index is 1.44. The Labute approximate surface area is 176 Å². The van der Waals surface area contributed by atoms with E-state index in [0.717, 1.165) is 17.7 Å². The summed E-state index contributed by atoms with van der Waals surface area (Å²) in [5, 5.41) is 5.67. The summed E-state index contributed by atoms with van der Waals surface area (Å²) in [6.45, 7) is 6.26. The van der Waals surface area contributed by atoms with Crippen molar-refractivity contribution in [1.29, 1.82) is 0 Å². The highest BCUT2D eigenvalue weighted by molar-refractivity contribution is 5.97. The molecule has 1 aliphatic rings. The number of furan rings is 1. The molecule has 1 saturated heterocycles. The molecule has 160 valence electrons. The van der Waals surface area contributed by atoms with Gasteiger partial charge in [-0.15, -0.1) is 0 Å². The largest absolute Gasteiger partial charge is 0.472 e. The van der Waals surface area contributed by atoms with Gasteiger partial charge in [0.2, 0.25) is 11.8 Å². The number of benzene rings is 1. The summed E-state index contributed by atoms with van der Waals surface area (Å²) in [7, 11) is 0. The van der Waals surface area contributed by atoms with E-state index in [1.165, 1.54) is 12.5 Å². The standard InChI is InChI=1S/C22H28N4O4/c1-3-17-6-4-5-7-19(17)24-20(27)14-25-9-11-26(12-10-25)22(29)16(2)23-21(28)18-8-13-30-15-18/h4-8,13,15-16H,3,9-12,14H2,1-2H3,(H,23,28)(H,24,27). The molecule has 8 heteroatoms. The maximum Gasteiger partial charge on any atom is 0.255 e. The number of nitrogens with zero attached hydrogens (tertiary/aromatic N) is 2. The molecule has 8 nitrogen and oxygen atoms in total. The van der Waals surface area contributed by atoms with E-state index in [1.807, 2.05) is 29.2 Å². The van der Waals surface area contributed by atoms with Crippen LogP contribution in [0, 0.1) is 0 Å². The molecule has 1 fully saturated rings. The summed E-state index contributed by atoms with van der Waals surface area (Å²) < 4.78 is 4.89. The molecule has 0 saturated carbocycles. The molecule has 0 spiro atoms. The molecule has 1 aromatic heterocycles. The average molecular weight is 412 g/mol. The molecule has 0 bridgehead atoms. The van der Waals surface area contributed by atoms with Crippen molar-refractivity contribution in [3.8, 4) is 0 Å². The van der Waals surface area contributed by atoms with Gasteiger partial charge in [-0.2, -0.15) is 0 Å².